The molecule has 5 rings (SSSR count). The van der Waals surface area contributed by atoms with E-state index in [0.29, 0.717) is 23.1 Å². The number of pyridine rings is 1. The molecule has 1 fully saturated rings. The summed E-state index contributed by atoms with van der Waals surface area (Å²) in [4.78, 5) is 9.56. The Kier molecular flexibility index (Phi) is 6.15. The molecule has 1 atom stereocenters. The highest BCUT2D eigenvalue weighted by atomic mass is 16.5. The van der Waals surface area contributed by atoms with Crippen molar-refractivity contribution in [2.45, 2.75) is 38.8 Å². The Bertz CT molecular complexity index is 1420. The van der Waals surface area contributed by atoms with Crippen molar-refractivity contribution in [2.75, 3.05) is 32.1 Å². The molecule has 7 nitrogen and oxygen atoms in total. The van der Waals surface area contributed by atoms with E-state index in [0.717, 1.165) is 47.8 Å². The van der Waals surface area contributed by atoms with Crippen LogP contribution < -0.4 is 9.64 Å². The van der Waals surface area contributed by atoms with Crippen LogP contribution in [0.2, 0.25) is 0 Å². The molecule has 0 spiro atoms. The third-order valence-corrected chi connectivity index (χ3v) is 7.03. The first-order valence-corrected chi connectivity index (χ1v) is 12.3. The van der Waals surface area contributed by atoms with Crippen LogP contribution in [-0.2, 0) is 5.60 Å². The lowest BCUT2D eigenvalue weighted by molar-refractivity contribution is 0.0987. The SMILES string of the molecule is Cc1c(-c2ccccc2)c(N2CC[C@H](N(C)C)C2)n2nc(C(C)(C)Oc3ccccc3)nc2c1C#N. The summed E-state index contributed by atoms with van der Waals surface area (Å²) in [6, 6.07) is 22.8. The van der Waals surface area contributed by atoms with Crippen LogP contribution in [-0.4, -0.2) is 52.7 Å². The predicted octanol–water partition coefficient (Wildman–Crippen LogP) is 5.03. The molecule has 0 amide bonds. The fourth-order valence-corrected chi connectivity index (χ4v) is 5.00. The monoisotopic (exact) mass is 480 g/mol. The quantitative estimate of drug-likeness (QED) is 0.386. The number of nitrogens with zero attached hydrogens (tertiary/aromatic N) is 6. The van der Waals surface area contributed by atoms with E-state index in [1.807, 2.05) is 73.8 Å². The second-order valence-corrected chi connectivity index (χ2v) is 10.1. The Morgan fingerprint density at radius 1 is 1.06 bits per heavy atom. The molecule has 184 valence electrons. The largest absolute Gasteiger partial charge is 0.480 e. The van der Waals surface area contributed by atoms with Crippen molar-refractivity contribution in [3.8, 4) is 22.9 Å². The lowest BCUT2D eigenvalue weighted by atomic mass is 9.97. The van der Waals surface area contributed by atoms with Gasteiger partial charge in [-0.15, -0.1) is 5.10 Å². The highest BCUT2D eigenvalue weighted by molar-refractivity contribution is 5.85. The summed E-state index contributed by atoms with van der Waals surface area (Å²) in [5.41, 5.74) is 3.31. The van der Waals surface area contributed by atoms with Crippen molar-refractivity contribution >= 4 is 11.5 Å². The smallest absolute Gasteiger partial charge is 0.195 e. The van der Waals surface area contributed by atoms with E-state index in [4.69, 9.17) is 14.8 Å². The van der Waals surface area contributed by atoms with Crippen molar-refractivity contribution in [1.82, 2.24) is 19.5 Å². The summed E-state index contributed by atoms with van der Waals surface area (Å²) in [6.07, 6.45) is 1.06. The van der Waals surface area contributed by atoms with Crippen molar-refractivity contribution < 1.29 is 4.74 Å². The molecule has 7 heteroatoms. The molecule has 0 radical (unpaired) electrons. The number of hydrogen-bond acceptors (Lipinski definition) is 6. The predicted molar refractivity (Wildman–Crippen MR) is 142 cm³/mol. The van der Waals surface area contributed by atoms with Gasteiger partial charge in [0, 0.05) is 24.7 Å². The van der Waals surface area contributed by atoms with E-state index in [2.05, 4.69) is 42.1 Å². The van der Waals surface area contributed by atoms with Crippen molar-refractivity contribution in [3.63, 3.8) is 0 Å². The third-order valence-electron chi connectivity index (χ3n) is 7.03. The van der Waals surface area contributed by atoms with Crippen molar-refractivity contribution in [3.05, 3.63) is 77.6 Å². The van der Waals surface area contributed by atoms with Crippen LogP contribution in [0.1, 0.15) is 37.2 Å². The average molecular weight is 481 g/mol. The number of para-hydroxylation sites is 1. The van der Waals surface area contributed by atoms with E-state index in [1.165, 1.54) is 0 Å². The lowest BCUT2D eigenvalue weighted by Gasteiger charge is -2.26. The topological polar surface area (TPSA) is 69.7 Å². The zero-order chi connectivity index (χ0) is 25.4. The summed E-state index contributed by atoms with van der Waals surface area (Å²) in [5.74, 6) is 2.26. The fraction of sp³-hybridized carbons (Fsp3) is 0.345. The molecule has 3 heterocycles. The molecule has 1 aliphatic heterocycles. The van der Waals surface area contributed by atoms with Crippen molar-refractivity contribution in [1.29, 1.82) is 5.26 Å². The Hall–Kier alpha value is -3.89. The summed E-state index contributed by atoms with van der Waals surface area (Å²) >= 11 is 0. The van der Waals surface area contributed by atoms with Gasteiger partial charge in [-0.2, -0.15) is 9.78 Å². The van der Waals surface area contributed by atoms with Gasteiger partial charge in [0.1, 0.15) is 23.2 Å². The minimum absolute atomic E-state index is 0.445. The highest BCUT2D eigenvalue weighted by Gasteiger charge is 2.34. The van der Waals surface area contributed by atoms with Gasteiger partial charge in [-0.1, -0.05) is 48.5 Å². The number of benzene rings is 2. The molecule has 4 aromatic rings. The first kappa shape index (κ1) is 23.8. The molecule has 0 unspecified atom stereocenters. The van der Waals surface area contributed by atoms with Gasteiger partial charge in [0.25, 0.3) is 0 Å². The number of aromatic nitrogens is 3. The summed E-state index contributed by atoms with van der Waals surface area (Å²) in [7, 11) is 4.26. The van der Waals surface area contributed by atoms with Crippen LogP contribution in [0.15, 0.2) is 60.7 Å². The van der Waals surface area contributed by atoms with Gasteiger partial charge in [-0.3, -0.25) is 0 Å². The first-order chi connectivity index (χ1) is 17.3. The number of ether oxygens (including phenoxy) is 1. The average Bonchev–Trinajstić information content (AvgIpc) is 3.53. The molecule has 0 saturated carbocycles. The van der Waals surface area contributed by atoms with E-state index in [-0.39, 0.29) is 0 Å². The number of anilines is 1. The maximum absolute atomic E-state index is 10.2. The fourth-order valence-electron chi connectivity index (χ4n) is 5.00. The maximum Gasteiger partial charge on any atom is 0.195 e. The van der Waals surface area contributed by atoms with Gasteiger partial charge in [0.2, 0.25) is 0 Å². The number of nitriles is 1. The molecule has 0 N–H and O–H groups in total. The highest BCUT2D eigenvalue weighted by Crippen LogP contribution is 2.39. The number of likely N-dealkylation sites (N-methyl/N-ethyl adjacent to an activating group) is 1. The second kappa shape index (κ2) is 9.29. The third kappa shape index (κ3) is 4.18. The Labute approximate surface area is 212 Å². The zero-order valence-electron chi connectivity index (χ0n) is 21.6. The number of fused-ring (bicyclic) bond motifs is 1. The molecule has 36 heavy (non-hydrogen) atoms. The van der Waals surface area contributed by atoms with Gasteiger partial charge >= 0.3 is 0 Å². The second-order valence-electron chi connectivity index (χ2n) is 10.1. The molecule has 1 aliphatic rings. The summed E-state index contributed by atoms with van der Waals surface area (Å²) in [5, 5.41) is 15.2. The van der Waals surface area contributed by atoms with Crippen molar-refractivity contribution in [2.24, 2.45) is 0 Å². The molecule has 0 bridgehead atoms. The van der Waals surface area contributed by atoms with Crippen LogP contribution in [0.3, 0.4) is 0 Å². The Morgan fingerprint density at radius 3 is 2.33 bits per heavy atom. The molecular weight excluding hydrogens is 448 g/mol. The normalized spacial score (nSPS) is 16.0. The van der Waals surface area contributed by atoms with E-state index in [9.17, 15) is 5.26 Å². The summed E-state index contributed by atoms with van der Waals surface area (Å²) in [6.45, 7) is 7.73. The lowest BCUT2D eigenvalue weighted by Crippen LogP contribution is -2.32. The van der Waals surface area contributed by atoms with Crippen LogP contribution in [0.5, 0.6) is 5.75 Å². The van der Waals surface area contributed by atoms with E-state index < -0.39 is 5.60 Å². The molecule has 2 aromatic heterocycles. The van der Waals surface area contributed by atoms with Crippen LogP contribution >= 0.6 is 0 Å². The zero-order valence-corrected chi connectivity index (χ0v) is 21.6. The van der Waals surface area contributed by atoms with Crippen LogP contribution in [0.25, 0.3) is 16.8 Å². The number of hydrogen-bond donors (Lipinski definition) is 0. The van der Waals surface area contributed by atoms with Gasteiger partial charge in [-0.25, -0.2) is 4.98 Å². The van der Waals surface area contributed by atoms with E-state index in [1.54, 1.807) is 0 Å². The van der Waals surface area contributed by atoms with Crippen LogP contribution in [0, 0.1) is 18.3 Å². The van der Waals surface area contributed by atoms with Gasteiger partial charge in [-0.05, 0) is 64.5 Å². The molecule has 2 aromatic carbocycles. The van der Waals surface area contributed by atoms with E-state index >= 15 is 0 Å². The molecule has 1 saturated heterocycles. The summed E-state index contributed by atoms with van der Waals surface area (Å²) < 4.78 is 8.18. The molecule has 0 aliphatic carbocycles. The Balaban J connectivity index is 1.73. The standard InChI is InChI=1S/C29H32N6O/c1-20-24(18-30)26-31-28(29(2,3)36-23-14-10-7-11-15-23)32-35(26)27(25(20)21-12-8-6-9-13-21)34-17-16-22(19-34)33(4)5/h6-15,22H,16-17,19H2,1-5H3/t22-/m0/s1. The first-order valence-electron chi connectivity index (χ1n) is 12.3. The minimum Gasteiger partial charge on any atom is -0.480 e. The van der Waals surface area contributed by atoms with Crippen LogP contribution in [0.4, 0.5) is 5.82 Å². The maximum atomic E-state index is 10.2. The van der Waals surface area contributed by atoms with Gasteiger partial charge in [0.05, 0.1) is 0 Å². The van der Waals surface area contributed by atoms with Gasteiger partial charge < -0.3 is 14.5 Å². The Morgan fingerprint density at radius 2 is 1.72 bits per heavy atom. The minimum atomic E-state index is -0.796. The molecular formula is C29H32N6O. The van der Waals surface area contributed by atoms with Gasteiger partial charge in [0.15, 0.2) is 17.1 Å². The number of rotatable bonds is 6.